The first-order chi connectivity index (χ1) is 13.1. The van der Waals surface area contributed by atoms with E-state index < -0.39 is 0 Å². The normalized spacial score (nSPS) is 11.0. The van der Waals surface area contributed by atoms with E-state index in [1.807, 2.05) is 30.3 Å². The molecular formula is C18H16N6OS2. The molecule has 136 valence electrons. The van der Waals surface area contributed by atoms with Gasteiger partial charge in [0.1, 0.15) is 5.01 Å². The lowest BCUT2D eigenvalue weighted by Crippen LogP contribution is -2.14. The lowest BCUT2D eigenvalue weighted by atomic mass is 10.2. The number of aromatic nitrogens is 5. The Balaban J connectivity index is 1.42. The number of carbonyl (C=O) groups is 1. The van der Waals surface area contributed by atoms with E-state index in [9.17, 15) is 4.79 Å². The summed E-state index contributed by atoms with van der Waals surface area (Å²) < 4.78 is 2.71. The van der Waals surface area contributed by atoms with Crippen LogP contribution in [0.5, 0.6) is 0 Å². The van der Waals surface area contributed by atoms with E-state index in [-0.39, 0.29) is 11.7 Å². The van der Waals surface area contributed by atoms with E-state index in [0.717, 1.165) is 21.8 Å². The highest BCUT2D eigenvalue weighted by Gasteiger charge is 2.09. The number of fused-ring (bicyclic) bond motifs is 1. The largest absolute Gasteiger partial charge is 0.325 e. The number of carbonyl (C=O) groups excluding carboxylic acids is 1. The van der Waals surface area contributed by atoms with Crippen molar-refractivity contribution in [2.75, 3.05) is 11.1 Å². The van der Waals surface area contributed by atoms with Crippen molar-refractivity contribution in [3.63, 3.8) is 0 Å². The number of benzene rings is 2. The topological polar surface area (TPSA) is 85.6 Å². The molecule has 9 heteroatoms. The highest BCUT2D eigenvalue weighted by molar-refractivity contribution is 7.99. The van der Waals surface area contributed by atoms with Crippen LogP contribution < -0.4 is 5.32 Å². The molecule has 7 nitrogen and oxygen atoms in total. The van der Waals surface area contributed by atoms with Gasteiger partial charge in [0.2, 0.25) is 11.1 Å². The van der Waals surface area contributed by atoms with Crippen molar-refractivity contribution in [1.29, 1.82) is 0 Å². The molecule has 0 atom stereocenters. The number of aryl methyl sites for hydroxylation is 2. The molecule has 0 unspecified atom stereocenters. The third-order valence-electron chi connectivity index (χ3n) is 3.87. The molecule has 0 spiro atoms. The number of tetrazole rings is 1. The van der Waals surface area contributed by atoms with Gasteiger partial charge in [-0.25, -0.2) is 9.67 Å². The Kier molecular flexibility index (Phi) is 4.87. The van der Waals surface area contributed by atoms with E-state index in [0.29, 0.717) is 5.16 Å². The van der Waals surface area contributed by atoms with E-state index in [4.69, 9.17) is 0 Å². The summed E-state index contributed by atoms with van der Waals surface area (Å²) >= 11 is 2.96. The van der Waals surface area contributed by atoms with Crippen molar-refractivity contribution in [2.45, 2.75) is 12.1 Å². The van der Waals surface area contributed by atoms with Crippen molar-refractivity contribution in [3.05, 3.63) is 48.0 Å². The highest BCUT2D eigenvalue weighted by atomic mass is 32.2. The lowest BCUT2D eigenvalue weighted by molar-refractivity contribution is -0.113. The standard InChI is InChI=1S/C18H16N6OS2/c1-11-3-8-14-15(9-11)27-17(20-14)12-4-6-13(7-5-12)19-16(25)10-26-18-21-22-23-24(18)2/h3-9H,10H2,1-2H3,(H,19,25). The van der Waals surface area contributed by atoms with Crippen molar-refractivity contribution < 1.29 is 4.79 Å². The van der Waals surface area contributed by atoms with Crippen LogP contribution in [-0.4, -0.2) is 36.9 Å². The zero-order valence-corrected chi connectivity index (χ0v) is 16.3. The van der Waals surface area contributed by atoms with Gasteiger partial charge in [0.05, 0.1) is 16.0 Å². The van der Waals surface area contributed by atoms with Crippen LogP contribution in [0.1, 0.15) is 5.56 Å². The van der Waals surface area contributed by atoms with Gasteiger partial charge in [0.25, 0.3) is 0 Å². The molecule has 1 amide bonds. The minimum absolute atomic E-state index is 0.105. The molecule has 0 saturated heterocycles. The van der Waals surface area contributed by atoms with Gasteiger partial charge in [-0.3, -0.25) is 4.79 Å². The Morgan fingerprint density at radius 2 is 2.04 bits per heavy atom. The van der Waals surface area contributed by atoms with Crippen LogP contribution in [0, 0.1) is 6.92 Å². The molecule has 0 fully saturated rings. The summed E-state index contributed by atoms with van der Waals surface area (Å²) in [7, 11) is 1.74. The Morgan fingerprint density at radius 3 is 2.78 bits per heavy atom. The summed E-state index contributed by atoms with van der Waals surface area (Å²) in [5, 5.41) is 15.6. The molecule has 0 bridgehead atoms. The number of nitrogens with zero attached hydrogens (tertiary/aromatic N) is 5. The van der Waals surface area contributed by atoms with E-state index in [1.54, 1.807) is 18.4 Å². The van der Waals surface area contributed by atoms with Crippen molar-refractivity contribution >= 4 is 44.9 Å². The van der Waals surface area contributed by atoms with Crippen LogP contribution >= 0.6 is 23.1 Å². The first-order valence-electron chi connectivity index (χ1n) is 8.21. The summed E-state index contributed by atoms with van der Waals surface area (Å²) in [5.41, 5.74) is 4.02. The molecule has 27 heavy (non-hydrogen) atoms. The zero-order valence-electron chi connectivity index (χ0n) is 14.7. The fourth-order valence-corrected chi connectivity index (χ4v) is 4.24. The van der Waals surface area contributed by atoms with Crippen molar-refractivity contribution in [3.8, 4) is 10.6 Å². The molecule has 2 aromatic carbocycles. The van der Waals surface area contributed by atoms with Crippen LogP contribution in [0.15, 0.2) is 47.6 Å². The van der Waals surface area contributed by atoms with Crippen molar-refractivity contribution in [2.24, 2.45) is 7.05 Å². The average Bonchev–Trinajstić information content (AvgIpc) is 3.26. The van der Waals surface area contributed by atoms with Crippen LogP contribution in [-0.2, 0) is 11.8 Å². The molecule has 0 aliphatic carbocycles. The molecule has 0 saturated carbocycles. The summed E-state index contributed by atoms with van der Waals surface area (Å²) in [6, 6.07) is 14.0. The molecule has 4 aromatic rings. The average molecular weight is 397 g/mol. The van der Waals surface area contributed by atoms with E-state index in [2.05, 4.69) is 44.9 Å². The quantitative estimate of drug-likeness (QED) is 0.520. The SMILES string of the molecule is Cc1ccc2nc(-c3ccc(NC(=O)CSc4nnnn4C)cc3)sc2c1. The highest BCUT2D eigenvalue weighted by Crippen LogP contribution is 2.31. The lowest BCUT2D eigenvalue weighted by Gasteiger charge is -2.05. The van der Waals surface area contributed by atoms with Crippen LogP contribution in [0.25, 0.3) is 20.8 Å². The van der Waals surface area contributed by atoms with Crippen LogP contribution in [0.2, 0.25) is 0 Å². The Bertz CT molecular complexity index is 1100. The minimum atomic E-state index is -0.105. The number of anilines is 1. The second kappa shape index (κ2) is 7.45. The molecule has 0 radical (unpaired) electrons. The minimum Gasteiger partial charge on any atom is -0.325 e. The number of rotatable bonds is 5. The predicted octanol–water partition coefficient (Wildman–Crippen LogP) is 3.53. The molecule has 2 aromatic heterocycles. The third kappa shape index (κ3) is 3.99. The predicted molar refractivity (Wildman–Crippen MR) is 108 cm³/mol. The van der Waals surface area contributed by atoms with E-state index in [1.165, 1.54) is 26.7 Å². The monoisotopic (exact) mass is 396 g/mol. The fraction of sp³-hybridized carbons (Fsp3) is 0.167. The van der Waals surface area contributed by atoms with E-state index >= 15 is 0 Å². The van der Waals surface area contributed by atoms with Gasteiger partial charge >= 0.3 is 0 Å². The summed E-state index contributed by atoms with van der Waals surface area (Å²) in [6.45, 7) is 2.08. The second-order valence-electron chi connectivity index (χ2n) is 5.99. The summed E-state index contributed by atoms with van der Waals surface area (Å²) in [4.78, 5) is 16.8. The first kappa shape index (κ1) is 17.6. The fourth-order valence-electron chi connectivity index (χ4n) is 2.52. The van der Waals surface area contributed by atoms with Crippen LogP contribution in [0.4, 0.5) is 5.69 Å². The maximum absolute atomic E-state index is 12.1. The maximum Gasteiger partial charge on any atom is 0.234 e. The van der Waals surface area contributed by atoms with Gasteiger partial charge in [0, 0.05) is 18.3 Å². The number of hydrogen-bond donors (Lipinski definition) is 1. The molecule has 0 aliphatic heterocycles. The molecule has 2 heterocycles. The van der Waals surface area contributed by atoms with Gasteiger partial charge in [-0.1, -0.05) is 17.8 Å². The van der Waals surface area contributed by atoms with Gasteiger partial charge in [-0.05, 0) is 59.3 Å². The molecular weight excluding hydrogens is 380 g/mol. The van der Waals surface area contributed by atoms with Crippen LogP contribution in [0.3, 0.4) is 0 Å². The first-order valence-corrected chi connectivity index (χ1v) is 10.0. The summed E-state index contributed by atoms with van der Waals surface area (Å²) in [5.74, 6) is 0.138. The number of hydrogen-bond acceptors (Lipinski definition) is 7. The molecule has 0 aliphatic rings. The number of nitrogens with one attached hydrogen (secondary N) is 1. The zero-order chi connectivity index (χ0) is 18.8. The molecule has 4 rings (SSSR count). The smallest absolute Gasteiger partial charge is 0.234 e. The molecule has 1 N–H and O–H groups in total. The van der Waals surface area contributed by atoms with Crippen molar-refractivity contribution in [1.82, 2.24) is 25.2 Å². The number of thiazole rings is 1. The third-order valence-corrected chi connectivity index (χ3v) is 5.95. The van der Waals surface area contributed by atoms with Gasteiger partial charge in [-0.2, -0.15) is 0 Å². The Labute approximate surface area is 163 Å². The van der Waals surface area contributed by atoms with Gasteiger partial charge in [-0.15, -0.1) is 16.4 Å². The summed E-state index contributed by atoms with van der Waals surface area (Å²) in [6.07, 6.45) is 0. The Hall–Kier alpha value is -2.78. The van der Waals surface area contributed by atoms with Gasteiger partial charge < -0.3 is 5.32 Å². The Morgan fingerprint density at radius 1 is 1.22 bits per heavy atom. The number of amides is 1. The number of thioether (sulfide) groups is 1. The maximum atomic E-state index is 12.1. The van der Waals surface area contributed by atoms with Gasteiger partial charge in [0.15, 0.2) is 0 Å². The second-order valence-corrected chi connectivity index (χ2v) is 7.96.